The third kappa shape index (κ3) is 3.33. The highest BCUT2D eigenvalue weighted by Gasteiger charge is 2.13. The smallest absolute Gasteiger partial charge is 0.255 e. The fourth-order valence-corrected chi connectivity index (χ4v) is 1.92. The minimum Gasteiger partial charge on any atom is -0.463 e. The summed E-state index contributed by atoms with van der Waals surface area (Å²) in [5, 5.41) is 3.65. The lowest BCUT2D eigenvalue weighted by Gasteiger charge is -2.10. The van der Waals surface area contributed by atoms with Gasteiger partial charge in [-0.1, -0.05) is 18.2 Å². The van der Waals surface area contributed by atoms with Gasteiger partial charge in [0, 0.05) is 25.1 Å². The van der Waals surface area contributed by atoms with E-state index in [1.165, 1.54) is 6.26 Å². The van der Waals surface area contributed by atoms with Crippen molar-refractivity contribution in [2.75, 3.05) is 20.3 Å². The second-order valence-electron chi connectivity index (χ2n) is 4.41. The van der Waals surface area contributed by atoms with Crippen LogP contribution in [-0.2, 0) is 4.74 Å². The fraction of sp³-hybridized carbons (Fsp3) is 0.357. The Balaban J connectivity index is 1.93. The van der Waals surface area contributed by atoms with Crippen molar-refractivity contribution in [3.63, 3.8) is 0 Å². The molecule has 2 rings (SSSR count). The number of ether oxygens (including phenoxy) is 1. The molecule has 0 aliphatic carbocycles. The number of benzene rings is 1. The van der Waals surface area contributed by atoms with Crippen LogP contribution < -0.4 is 11.1 Å². The van der Waals surface area contributed by atoms with E-state index in [2.05, 4.69) is 5.32 Å². The quantitative estimate of drug-likeness (QED) is 0.827. The van der Waals surface area contributed by atoms with Gasteiger partial charge in [-0.05, 0) is 12.5 Å². The van der Waals surface area contributed by atoms with Gasteiger partial charge in [0.15, 0.2) is 0 Å². The zero-order chi connectivity index (χ0) is 13.7. The number of hydrogen-bond donors (Lipinski definition) is 2. The number of hydrogen-bond acceptors (Lipinski definition) is 4. The molecule has 1 unspecified atom stereocenters. The first kappa shape index (κ1) is 13.6. The third-order valence-corrected chi connectivity index (χ3v) is 2.91. The van der Waals surface area contributed by atoms with E-state index in [0.29, 0.717) is 30.7 Å². The van der Waals surface area contributed by atoms with Crippen molar-refractivity contribution in [3.8, 4) is 0 Å². The average molecular weight is 262 g/mol. The van der Waals surface area contributed by atoms with Crippen LogP contribution in [0.4, 0.5) is 0 Å². The molecule has 0 aliphatic rings. The molecule has 0 saturated carbocycles. The standard InChI is InChI=1S/C14H18N2O3/c1-18-8-10(15)6-7-16-14(17)12-9-19-13-5-3-2-4-11(12)13/h2-5,9-10H,6-8,15H2,1H3,(H,16,17). The lowest BCUT2D eigenvalue weighted by molar-refractivity contribution is 0.0951. The van der Waals surface area contributed by atoms with Crippen molar-refractivity contribution >= 4 is 16.9 Å². The number of para-hydroxylation sites is 1. The monoisotopic (exact) mass is 262 g/mol. The molecule has 0 radical (unpaired) electrons. The summed E-state index contributed by atoms with van der Waals surface area (Å²) in [5.74, 6) is -0.144. The van der Waals surface area contributed by atoms with Crippen molar-refractivity contribution in [1.29, 1.82) is 0 Å². The lowest BCUT2D eigenvalue weighted by Crippen LogP contribution is -2.32. The van der Waals surface area contributed by atoms with Crippen molar-refractivity contribution in [2.45, 2.75) is 12.5 Å². The lowest BCUT2D eigenvalue weighted by atomic mass is 10.1. The summed E-state index contributed by atoms with van der Waals surface area (Å²) in [4.78, 5) is 12.0. The molecule has 5 nitrogen and oxygen atoms in total. The van der Waals surface area contributed by atoms with E-state index < -0.39 is 0 Å². The first-order valence-electron chi connectivity index (χ1n) is 6.21. The molecule has 0 aliphatic heterocycles. The summed E-state index contributed by atoms with van der Waals surface area (Å²) in [6.07, 6.45) is 2.16. The first-order valence-corrected chi connectivity index (χ1v) is 6.21. The Morgan fingerprint density at radius 2 is 2.26 bits per heavy atom. The number of amides is 1. The largest absolute Gasteiger partial charge is 0.463 e. The molecule has 0 fully saturated rings. The highest BCUT2D eigenvalue weighted by molar-refractivity contribution is 6.05. The minimum atomic E-state index is -0.144. The fourth-order valence-electron chi connectivity index (χ4n) is 1.92. The Hall–Kier alpha value is -1.85. The van der Waals surface area contributed by atoms with Gasteiger partial charge in [-0.15, -0.1) is 0 Å². The van der Waals surface area contributed by atoms with Gasteiger partial charge in [-0.3, -0.25) is 4.79 Å². The molecular weight excluding hydrogens is 244 g/mol. The van der Waals surface area contributed by atoms with E-state index in [-0.39, 0.29) is 11.9 Å². The summed E-state index contributed by atoms with van der Waals surface area (Å²) in [7, 11) is 1.61. The number of carbonyl (C=O) groups is 1. The highest BCUT2D eigenvalue weighted by atomic mass is 16.5. The van der Waals surface area contributed by atoms with Gasteiger partial charge < -0.3 is 20.2 Å². The van der Waals surface area contributed by atoms with Crippen LogP contribution >= 0.6 is 0 Å². The normalized spacial score (nSPS) is 12.5. The SMILES string of the molecule is COCC(N)CCNC(=O)c1coc2ccccc12. The molecule has 19 heavy (non-hydrogen) atoms. The van der Waals surface area contributed by atoms with E-state index in [0.717, 1.165) is 5.39 Å². The van der Waals surface area contributed by atoms with Crippen LogP contribution in [0.3, 0.4) is 0 Å². The molecule has 1 aromatic carbocycles. The van der Waals surface area contributed by atoms with E-state index >= 15 is 0 Å². The van der Waals surface area contributed by atoms with Crippen LogP contribution in [0, 0.1) is 0 Å². The molecule has 1 heterocycles. The number of carbonyl (C=O) groups excluding carboxylic acids is 1. The van der Waals surface area contributed by atoms with E-state index in [1.54, 1.807) is 7.11 Å². The molecule has 0 spiro atoms. The molecule has 5 heteroatoms. The van der Waals surface area contributed by atoms with Gasteiger partial charge >= 0.3 is 0 Å². The van der Waals surface area contributed by atoms with Gasteiger partial charge in [-0.2, -0.15) is 0 Å². The Kier molecular flexibility index (Phi) is 4.54. The number of methoxy groups -OCH3 is 1. The summed E-state index contributed by atoms with van der Waals surface area (Å²) in [6, 6.07) is 7.39. The van der Waals surface area contributed by atoms with E-state index in [1.807, 2.05) is 24.3 Å². The van der Waals surface area contributed by atoms with Crippen LogP contribution in [0.5, 0.6) is 0 Å². The van der Waals surface area contributed by atoms with Gasteiger partial charge in [0.25, 0.3) is 5.91 Å². The molecule has 102 valence electrons. The molecule has 1 aromatic heterocycles. The van der Waals surface area contributed by atoms with Gasteiger partial charge in [0.2, 0.25) is 0 Å². The zero-order valence-corrected chi connectivity index (χ0v) is 10.9. The summed E-state index contributed by atoms with van der Waals surface area (Å²) < 4.78 is 10.3. The van der Waals surface area contributed by atoms with Crippen molar-refractivity contribution < 1.29 is 13.9 Å². The van der Waals surface area contributed by atoms with Crippen molar-refractivity contribution in [1.82, 2.24) is 5.32 Å². The second kappa shape index (κ2) is 6.36. The molecule has 0 saturated heterocycles. The van der Waals surface area contributed by atoms with Gasteiger partial charge in [-0.25, -0.2) is 0 Å². The van der Waals surface area contributed by atoms with Crippen LogP contribution in [0.25, 0.3) is 11.0 Å². The Bertz CT molecular complexity index is 550. The Morgan fingerprint density at radius 1 is 1.47 bits per heavy atom. The van der Waals surface area contributed by atoms with Crippen LogP contribution in [-0.4, -0.2) is 32.2 Å². The predicted molar refractivity (Wildman–Crippen MR) is 73.0 cm³/mol. The summed E-state index contributed by atoms with van der Waals surface area (Å²) in [5.41, 5.74) is 7.05. The number of nitrogens with one attached hydrogen (secondary N) is 1. The third-order valence-electron chi connectivity index (χ3n) is 2.91. The van der Waals surface area contributed by atoms with Crippen molar-refractivity contribution in [2.24, 2.45) is 5.73 Å². The maximum Gasteiger partial charge on any atom is 0.255 e. The van der Waals surface area contributed by atoms with E-state index in [9.17, 15) is 4.79 Å². The summed E-state index contributed by atoms with van der Waals surface area (Å²) in [6.45, 7) is 1.01. The highest BCUT2D eigenvalue weighted by Crippen LogP contribution is 2.20. The second-order valence-corrected chi connectivity index (χ2v) is 4.41. The number of furan rings is 1. The topological polar surface area (TPSA) is 77.5 Å². The molecule has 1 atom stereocenters. The number of rotatable bonds is 6. The van der Waals surface area contributed by atoms with Gasteiger partial charge in [0.1, 0.15) is 11.8 Å². The summed E-state index contributed by atoms with van der Waals surface area (Å²) >= 11 is 0. The zero-order valence-electron chi connectivity index (χ0n) is 10.9. The maximum absolute atomic E-state index is 12.0. The Morgan fingerprint density at radius 3 is 3.05 bits per heavy atom. The van der Waals surface area contributed by atoms with Crippen LogP contribution in [0.15, 0.2) is 34.9 Å². The van der Waals surface area contributed by atoms with Crippen LogP contribution in [0.1, 0.15) is 16.8 Å². The first-order chi connectivity index (χ1) is 9.22. The van der Waals surface area contributed by atoms with Gasteiger partial charge in [0.05, 0.1) is 12.2 Å². The Labute approximate surface area is 111 Å². The number of nitrogens with two attached hydrogens (primary N) is 1. The molecule has 1 amide bonds. The molecule has 0 bridgehead atoms. The maximum atomic E-state index is 12.0. The molecular formula is C14H18N2O3. The van der Waals surface area contributed by atoms with Crippen LogP contribution in [0.2, 0.25) is 0 Å². The molecule has 2 aromatic rings. The van der Waals surface area contributed by atoms with E-state index in [4.69, 9.17) is 14.9 Å². The number of fused-ring (bicyclic) bond motifs is 1. The molecule has 3 N–H and O–H groups in total. The average Bonchev–Trinajstić information content (AvgIpc) is 2.82. The predicted octanol–water partition coefficient (Wildman–Crippen LogP) is 1.53. The minimum absolute atomic E-state index is 0.0635. The van der Waals surface area contributed by atoms with Crippen molar-refractivity contribution in [3.05, 3.63) is 36.1 Å².